The highest BCUT2D eigenvalue weighted by atomic mass is 79.9. The van der Waals surface area contributed by atoms with Gasteiger partial charge >= 0.3 is 0 Å². The summed E-state index contributed by atoms with van der Waals surface area (Å²) >= 11 is 3.55. The van der Waals surface area contributed by atoms with Gasteiger partial charge in [0.05, 0.1) is 11.8 Å². The maximum absolute atomic E-state index is 15.5. The standard InChI is InChI=1S/C26H37BrFNO3Si/c1-17(2)8-7-9-18(3)12-14-29-22-11-10-20(27)16-21(22)26(25(29)31)19(4)24(33(5,6)28)23(32-26)13-15-30/h8,10-12,16,19,23-24,30H,7,9,13-15H2,1-6H3/b18-12+/t19-,23+,24-,26+/m0/s1. The molecule has 4 nitrogen and oxygen atoms in total. The molecule has 0 bridgehead atoms. The molecule has 1 N–H and O–H groups in total. The summed E-state index contributed by atoms with van der Waals surface area (Å²) in [4.78, 5) is 15.8. The van der Waals surface area contributed by atoms with Crippen LogP contribution in [0.15, 0.2) is 46.0 Å². The Morgan fingerprint density at radius 3 is 2.61 bits per heavy atom. The van der Waals surface area contributed by atoms with Crippen LogP contribution in [0.25, 0.3) is 0 Å². The van der Waals surface area contributed by atoms with E-state index in [-0.39, 0.29) is 24.0 Å². The fourth-order valence-corrected chi connectivity index (χ4v) is 8.44. The molecular formula is C26H37BrFNO3Si. The van der Waals surface area contributed by atoms with Crippen molar-refractivity contribution in [2.45, 2.75) is 77.3 Å². The van der Waals surface area contributed by atoms with Crippen molar-refractivity contribution < 1.29 is 18.7 Å². The van der Waals surface area contributed by atoms with Gasteiger partial charge in [-0.1, -0.05) is 46.2 Å². The number of aliphatic hydroxyl groups excluding tert-OH is 1. The van der Waals surface area contributed by atoms with Crippen LogP contribution in [-0.2, 0) is 15.1 Å². The third kappa shape index (κ3) is 5.07. The second-order valence-corrected chi connectivity index (χ2v) is 14.9. The van der Waals surface area contributed by atoms with Crippen molar-refractivity contribution in [1.82, 2.24) is 0 Å². The number of carbonyl (C=O) groups is 1. The molecule has 1 saturated heterocycles. The number of aliphatic hydroxyl groups is 1. The van der Waals surface area contributed by atoms with Crippen molar-refractivity contribution in [3.63, 3.8) is 0 Å². The van der Waals surface area contributed by atoms with Crippen LogP contribution in [-0.4, -0.2) is 38.7 Å². The molecule has 182 valence electrons. The number of carbonyl (C=O) groups excluding carboxylic acids is 1. The van der Waals surface area contributed by atoms with Crippen LogP contribution in [0.4, 0.5) is 9.80 Å². The molecule has 4 atom stereocenters. The maximum atomic E-state index is 15.5. The van der Waals surface area contributed by atoms with Crippen molar-refractivity contribution in [2.75, 3.05) is 18.1 Å². The van der Waals surface area contributed by atoms with Gasteiger partial charge in [0, 0.05) is 34.6 Å². The number of amides is 1. The van der Waals surface area contributed by atoms with Gasteiger partial charge in [-0.05, 0) is 71.3 Å². The molecule has 2 aliphatic heterocycles. The van der Waals surface area contributed by atoms with Crippen molar-refractivity contribution in [2.24, 2.45) is 5.92 Å². The second kappa shape index (κ2) is 10.1. The van der Waals surface area contributed by atoms with Gasteiger partial charge in [0.1, 0.15) is 0 Å². The molecule has 7 heteroatoms. The predicted octanol–water partition coefficient (Wildman–Crippen LogP) is 6.65. The molecule has 3 rings (SSSR count). The minimum absolute atomic E-state index is 0.0920. The van der Waals surface area contributed by atoms with Crippen LogP contribution >= 0.6 is 15.9 Å². The number of nitrogens with zero attached hydrogens (tertiary/aromatic N) is 1. The summed E-state index contributed by atoms with van der Waals surface area (Å²) in [5.41, 5.74) is 2.57. The third-order valence-electron chi connectivity index (χ3n) is 7.05. The number of benzene rings is 1. The first kappa shape index (κ1) is 26.3. The van der Waals surface area contributed by atoms with E-state index in [0.29, 0.717) is 13.0 Å². The number of rotatable bonds is 8. The number of halogens is 2. The summed E-state index contributed by atoms with van der Waals surface area (Å²) in [5.74, 6) is -0.450. The number of hydrogen-bond donors (Lipinski definition) is 1. The lowest BCUT2D eigenvalue weighted by Gasteiger charge is -2.31. The molecule has 1 fully saturated rings. The minimum atomic E-state index is -3.16. The van der Waals surface area contributed by atoms with E-state index in [9.17, 15) is 9.90 Å². The summed E-state index contributed by atoms with van der Waals surface area (Å²) in [6, 6.07) is 5.82. The molecule has 0 saturated carbocycles. The van der Waals surface area contributed by atoms with Crippen molar-refractivity contribution in [3.05, 3.63) is 51.5 Å². The summed E-state index contributed by atoms with van der Waals surface area (Å²) in [7, 11) is -3.16. The lowest BCUT2D eigenvalue weighted by molar-refractivity contribution is -0.146. The highest BCUT2D eigenvalue weighted by molar-refractivity contribution is 9.10. The number of allylic oxidation sites excluding steroid dienone is 3. The molecule has 0 unspecified atom stereocenters. The Morgan fingerprint density at radius 2 is 2.00 bits per heavy atom. The first-order chi connectivity index (χ1) is 15.4. The highest BCUT2D eigenvalue weighted by Gasteiger charge is 2.66. The van der Waals surface area contributed by atoms with Crippen LogP contribution in [0, 0.1) is 5.92 Å². The molecule has 0 radical (unpaired) electrons. The Kier molecular flexibility index (Phi) is 8.09. The molecule has 1 spiro atoms. The Bertz CT molecular complexity index is 953. The molecule has 1 amide bonds. The fourth-order valence-electron chi connectivity index (χ4n) is 5.54. The van der Waals surface area contributed by atoms with Crippen LogP contribution in [0.3, 0.4) is 0 Å². The van der Waals surface area contributed by atoms with Crippen LogP contribution < -0.4 is 4.90 Å². The van der Waals surface area contributed by atoms with Gasteiger partial charge in [0.15, 0.2) is 5.60 Å². The zero-order valence-electron chi connectivity index (χ0n) is 20.6. The maximum Gasteiger partial charge on any atom is 0.264 e. The molecular weight excluding hydrogens is 501 g/mol. The summed E-state index contributed by atoms with van der Waals surface area (Å²) in [5, 5.41) is 9.63. The lowest BCUT2D eigenvalue weighted by Crippen LogP contribution is -2.45. The summed E-state index contributed by atoms with van der Waals surface area (Å²) in [6.07, 6.45) is 6.11. The molecule has 2 heterocycles. The summed E-state index contributed by atoms with van der Waals surface area (Å²) < 4.78 is 22.9. The van der Waals surface area contributed by atoms with E-state index < -0.39 is 20.1 Å². The van der Waals surface area contributed by atoms with Gasteiger partial charge in [-0.25, -0.2) is 0 Å². The van der Waals surface area contributed by atoms with Gasteiger partial charge in [-0.2, -0.15) is 0 Å². The van der Waals surface area contributed by atoms with Crippen LogP contribution in [0.5, 0.6) is 0 Å². The highest BCUT2D eigenvalue weighted by Crippen LogP contribution is 2.60. The molecule has 0 aromatic heterocycles. The van der Waals surface area contributed by atoms with Crippen LogP contribution in [0.1, 0.15) is 52.5 Å². The monoisotopic (exact) mass is 537 g/mol. The quantitative estimate of drug-likeness (QED) is 0.229. The molecule has 33 heavy (non-hydrogen) atoms. The van der Waals surface area contributed by atoms with Gasteiger partial charge in [0.2, 0.25) is 8.41 Å². The largest absolute Gasteiger partial charge is 0.396 e. The fraction of sp³-hybridized carbons (Fsp3) is 0.577. The Morgan fingerprint density at radius 1 is 1.30 bits per heavy atom. The van der Waals surface area contributed by atoms with Gasteiger partial charge < -0.3 is 18.9 Å². The van der Waals surface area contributed by atoms with E-state index in [2.05, 4.69) is 48.9 Å². The van der Waals surface area contributed by atoms with Crippen molar-refractivity contribution in [3.8, 4) is 0 Å². The first-order valence-electron chi connectivity index (χ1n) is 11.8. The Balaban J connectivity index is 1.99. The average Bonchev–Trinajstić information content (AvgIpc) is 3.13. The predicted molar refractivity (Wildman–Crippen MR) is 139 cm³/mol. The zero-order chi connectivity index (χ0) is 24.6. The molecule has 0 aliphatic carbocycles. The third-order valence-corrected chi connectivity index (χ3v) is 10.0. The van der Waals surface area contributed by atoms with E-state index in [4.69, 9.17) is 4.74 Å². The minimum Gasteiger partial charge on any atom is -0.396 e. The first-order valence-corrected chi connectivity index (χ1v) is 15.6. The SMILES string of the molecule is CC(C)=CCC/C(C)=C/CN1C(=O)[C@]2(O[C@H](CCO)[C@@H]([Si](C)(C)F)[C@@H]2C)c2cc(Br)ccc21. The van der Waals surface area contributed by atoms with E-state index in [1.807, 2.05) is 25.1 Å². The smallest absolute Gasteiger partial charge is 0.264 e. The topological polar surface area (TPSA) is 49.8 Å². The molecule has 2 aliphatic rings. The van der Waals surface area contributed by atoms with Crippen LogP contribution in [0.2, 0.25) is 18.6 Å². The van der Waals surface area contributed by atoms with E-state index >= 15 is 4.11 Å². The average molecular weight is 539 g/mol. The molecule has 1 aromatic rings. The Labute approximate surface area is 207 Å². The van der Waals surface area contributed by atoms with E-state index in [1.54, 1.807) is 18.0 Å². The van der Waals surface area contributed by atoms with E-state index in [1.165, 1.54) is 11.1 Å². The Hall–Kier alpha value is -1.28. The van der Waals surface area contributed by atoms with Crippen molar-refractivity contribution in [1.29, 1.82) is 0 Å². The lowest BCUT2D eigenvalue weighted by atomic mass is 9.82. The number of hydrogen-bond acceptors (Lipinski definition) is 3. The van der Waals surface area contributed by atoms with Crippen molar-refractivity contribution >= 4 is 35.9 Å². The van der Waals surface area contributed by atoms with Gasteiger partial charge in [0.25, 0.3) is 5.91 Å². The number of ether oxygens (including phenoxy) is 1. The number of anilines is 1. The van der Waals surface area contributed by atoms with Gasteiger partial charge in [-0.3, -0.25) is 4.79 Å². The summed E-state index contributed by atoms with van der Waals surface area (Å²) in [6.45, 7) is 12.0. The zero-order valence-corrected chi connectivity index (χ0v) is 23.2. The van der Waals surface area contributed by atoms with Gasteiger partial charge in [-0.15, -0.1) is 0 Å². The number of fused-ring (bicyclic) bond motifs is 2. The molecule has 1 aromatic carbocycles. The van der Waals surface area contributed by atoms with E-state index in [0.717, 1.165) is 28.6 Å². The second-order valence-electron chi connectivity index (χ2n) is 10.2. The normalized spacial score (nSPS) is 27.4.